The third kappa shape index (κ3) is 4.77. The van der Waals surface area contributed by atoms with E-state index in [0.29, 0.717) is 24.6 Å². The highest BCUT2D eigenvalue weighted by Gasteiger charge is 2.25. The minimum absolute atomic E-state index is 0.261. The maximum Gasteiger partial charge on any atom is 0.279 e. The molecular weight excluding hydrogens is 310 g/mol. The van der Waals surface area contributed by atoms with Crippen LogP contribution >= 0.6 is 0 Å². The molecule has 5 nitrogen and oxygen atoms in total. The molecule has 0 spiro atoms. The summed E-state index contributed by atoms with van der Waals surface area (Å²) in [6.45, 7) is 5.66. The van der Waals surface area contributed by atoms with Crippen LogP contribution in [0.3, 0.4) is 0 Å². The van der Waals surface area contributed by atoms with Crippen LogP contribution in [-0.2, 0) is 23.2 Å². The summed E-state index contributed by atoms with van der Waals surface area (Å²) in [5.74, 6) is 0.594. The van der Waals surface area contributed by atoms with E-state index in [-0.39, 0.29) is 6.54 Å². The van der Waals surface area contributed by atoms with E-state index in [4.69, 9.17) is 5.26 Å². The van der Waals surface area contributed by atoms with Crippen molar-refractivity contribution in [1.29, 1.82) is 5.26 Å². The van der Waals surface area contributed by atoms with Crippen LogP contribution in [0.15, 0.2) is 18.2 Å². The quantitative estimate of drug-likeness (QED) is 0.868. The first-order chi connectivity index (χ1) is 11.0. The van der Waals surface area contributed by atoms with Crippen molar-refractivity contribution < 1.29 is 8.42 Å². The van der Waals surface area contributed by atoms with Crippen LogP contribution in [0.25, 0.3) is 0 Å². The van der Waals surface area contributed by atoms with Crippen molar-refractivity contribution in [2.24, 2.45) is 5.92 Å². The van der Waals surface area contributed by atoms with Gasteiger partial charge in [0.15, 0.2) is 0 Å². The average Bonchev–Trinajstić information content (AvgIpc) is 2.54. The monoisotopic (exact) mass is 335 g/mol. The van der Waals surface area contributed by atoms with Crippen molar-refractivity contribution >= 4 is 10.2 Å². The van der Waals surface area contributed by atoms with Gasteiger partial charge in [0, 0.05) is 19.6 Å². The molecule has 23 heavy (non-hydrogen) atoms. The molecule has 1 heterocycles. The summed E-state index contributed by atoms with van der Waals surface area (Å²) in [6.07, 6.45) is 3.61. The van der Waals surface area contributed by atoms with Crippen molar-refractivity contribution in [3.63, 3.8) is 0 Å². The van der Waals surface area contributed by atoms with Gasteiger partial charge in [-0.3, -0.25) is 0 Å². The first-order valence-electron chi connectivity index (χ1n) is 8.23. The Balaban J connectivity index is 2.02. The van der Waals surface area contributed by atoms with Crippen molar-refractivity contribution in [1.82, 2.24) is 9.03 Å². The zero-order valence-corrected chi connectivity index (χ0v) is 14.7. The van der Waals surface area contributed by atoms with Crippen molar-refractivity contribution in [2.75, 3.05) is 13.1 Å². The van der Waals surface area contributed by atoms with Crippen LogP contribution in [0.5, 0.6) is 0 Å². The van der Waals surface area contributed by atoms with E-state index in [0.717, 1.165) is 36.8 Å². The van der Waals surface area contributed by atoms with E-state index in [9.17, 15) is 8.42 Å². The van der Waals surface area contributed by atoms with Crippen LogP contribution in [0, 0.1) is 17.2 Å². The molecule has 0 aromatic heterocycles. The highest BCUT2D eigenvalue weighted by Crippen LogP contribution is 2.18. The minimum Gasteiger partial charge on any atom is -0.198 e. The van der Waals surface area contributed by atoms with E-state index in [1.54, 1.807) is 6.07 Å². The van der Waals surface area contributed by atoms with Gasteiger partial charge in [0.25, 0.3) is 10.2 Å². The van der Waals surface area contributed by atoms with Gasteiger partial charge in [-0.05, 0) is 42.4 Å². The van der Waals surface area contributed by atoms with E-state index < -0.39 is 10.2 Å². The SMILES string of the molecule is CCCc1cc(CNS(=O)(=O)N2CCC(C)CC2)ccc1C#N. The summed E-state index contributed by atoms with van der Waals surface area (Å²) < 4.78 is 28.9. The van der Waals surface area contributed by atoms with Gasteiger partial charge < -0.3 is 0 Å². The molecule has 6 heteroatoms. The average molecular weight is 335 g/mol. The first kappa shape index (κ1) is 17.9. The molecule has 1 fully saturated rings. The van der Waals surface area contributed by atoms with E-state index in [1.807, 2.05) is 12.1 Å². The van der Waals surface area contributed by atoms with Gasteiger partial charge in [0.2, 0.25) is 0 Å². The second-order valence-corrected chi connectivity index (χ2v) is 8.02. The Hall–Kier alpha value is -1.42. The lowest BCUT2D eigenvalue weighted by Gasteiger charge is -2.29. The zero-order valence-electron chi connectivity index (χ0n) is 13.9. The molecular formula is C17H25N3O2S. The smallest absolute Gasteiger partial charge is 0.198 e. The maximum absolute atomic E-state index is 12.4. The normalized spacial score (nSPS) is 17.1. The summed E-state index contributed by atoms with van der Waals surface area (Å²) in [7, 11) is -3.43. The molecule has 0 amide bonds. The lowest BCUT2D eigenvalue weighted by molar-refractivity contribution is 0.285. The fraction of sp³-hybridized carbons (Fsp3) is 0.588. The number of hydrogen-bond donors (Lipinski definition) is 1. The molecule has 1 aliphatic heterocycles. The van der Waals surface area contributed by atoms with Crippen LogP contribution in [0.2, 0.25) is 0 Å². The molecule has 0 unspecified atom stereocenters. The van der Waals surface area contributed by atoms with Gasteiger partial charge in [0.05, 0.1) is 11.6 Å². The third-order valence-corrected chi connectivity index (χ3v) is 5.90. The second-order valence-electron chi connectivity index (χ2n) is 6.26. The molecule has 1 aromatic rings. The van der Waals surface area contributed by atoms with Gasteiger partial charge in [-0.15, -0.1) is 0 Å². The van der Waals surface area contributed by atoms with Gasteiger partial charge in [-0.25, -0.2) is 0 Å². The van der Waals surface area contributed by atoms with E-state index in [1.165, 1.54) is 4.31 Å². The van der Waals surface area contributed by atoms with E-state index in [2.05, 4.69) is 24.6 Å². The number of nitriles is 1. The topological polar surface area (TPSA) is 73.2 Å². The standard InChI is InChI=1S/C17H25N3O2S/c1-3-4-16-11-15(5-6-17(16)12-18)13-19-23(21,22)20-9-7-14(2)8-10-20/h5-6,11,14,19H,3-4,7-10,13H2,1-2H3. The number of aryl methyl sites for hydroxylation is 1. The molecule has 0 bridgehead atoms. The Bertz CT molecular complexity index is 672. The summed E-state index contributed by atoms with van der Waals surface area (Å²) >= 11 is 0. The fourth-order valence-corrected chi connectivity index (χ4v) is 4.06. The Kier molecular flexibility index (Phi) is 6.17. The maximum atomic E-state index is 12.4. The summed E-state index contributed by atoms with van der Waals surface area (Å²) in [6, 6.07) is 7.72. The largest absolute Gasteiger partial charge is 0.279 e. The van der Waals surface area contributed by atoms with Crippen molar-refractivity contribution in [3.8, 4) is 6.07 Å². The Morgan fingerprint density at radius 3 is 2.65 bits per heavy atom. The number of nitrogens with one attached hydrogen (secondary N) is 1. The Morgan fingerprint density at radius 1 is 1.35 bits per heavy atom. The Morgan fingerprint density at radius 2 is 2.04 bits per heavy atom. The molecule has 0 aliphatic carbocycles. The van der Waals surface area contributed by atoms with E-state index >= 15 is 0 Å². The number of nitrogens with zero attached hydrogens (tertiary/aromatic N) is 2. The lowest BCUT2D eigenvalue weighted by Crippen LogP contribution is -2.44. The van der Waals surface area contributed by atoms with Crippen molar-refractivity contribution in [3.05, 3.63) is 34.9 Å². The highest BCUT2D eigenvalue weighted by molar-refractivity contribution is 7.87. The predicted octanol–water partition coefficient (Wildman–Crippen LogP) is 2.58. The number of rotatable bonds is 6. The Labute approximate surface area is 139 Å². The van der Waals surface area contributed by atoms with Gasteiger partial charge >= 0.3 is 0 Å². The summed E-state index contributed by atoms with van der Waals surface area (Å²) in [5.41, 5.74) is 2.54. The molecule has 1 saturated heterocycles. The fourth-order valence-electron chi connectivity index (χ4n) is 2.83. The molecule has 0 atom stereocenters. The molecule has 0 saturated carbocycles. The second kappa shape index (κ2) is 7.91. The van der Waals surface area contributed by atoms with Crippen LogP contribution in [-0.4, -0.2) is 25.8 Å². The molecule has 2 rings (SSSR count). The molecule has 1 N–H and O–H groups in total. The first-order valence-corrected chi connectivity index (χ1v) is 9.67. The van der Waals surface area contributed by atoms with Gasteiger partial charge in [-0.2, -0.15) is 22.7 Å². The number of benzene rings is 1. The lowest BCUT2D eigenvalue weighted by atomic mass is 10.0. The third-order valence-electron chi connectivity index (χ3n) is 4.35. The van der Waals surface area contributed by atoms with Crippen LogP contribution < -0.4 is 4.72 Å². The van der Waals surface area contributed by atoms with Crippen LogP contribution in [0.4, 0.5) is 0 Å². The molecule has 126 valence electrons. The minimum atomic E-state index is -3.43. The van der Waals surface area contributed by atoms with Crippen molar-refractivity contribution in [2.45, 2.75) is 46.1 Å². The number of hydrogen-bond acceptors (Lipinski definition) is 3. The highest BCUT2D eigenvalue weighted by atomic mass is 32.2. The summed E-state index contributed by atoms with van der Waals surface area (Å²) in [5, 5.41) is 9.12. The number of piperidine rings is 1. The van der Waals surface area contributed by atoms with Crippen LogP contribution in [0.1, 0.15) is 49.8 Å². The molecule has 0 radical (unpaired) electrons. The summed E-state index contributed by atoms with van der Waals surface area (Å²) in [4.78, 5) is 0. The molecule has 1 aromatic carbocycles. The predicted molar refractivity (Wildman–Crippen MR) is 90.9 cm³/mol. The van der Waals surface area contributed by atoms with Gasteiger partial charge in [-0.1, -0.05) is 32.4 Å². The molecule has 1 aliphatic rings. The van der Waals surface area contributed by atoms with Gasteiger partial charge in [0.1, 0.15) is 0 Å². The zero-order chi connectivity index (χ0) is 16.9.